The molecular formula is C12H12FNO. The van der Waals surface area contributed by atoms with Gasteiger partial charge in [0.25, 0.3) is 0 Å². The average molecular weight is 205 g/mol. The van der Waals surface area contributed by atoms with E-state index in [1.165, 1.54) is 6.07 Å². The normalized spacial score (nSPS) is 10.5. The van der Waals surface area contributed by atoms with E-state index in [-0.39, 0.29) is 5.69 Å². The van der Waals surface area contributed by atoms with Crippen LogP contribution in [0.4, 0.5) is 10.1 Å². The molecule has 3 heteroatoms. The van der Waals surface area contributed by atoms with Crippen LogP contribution in [-0.2, 0) is 6.42 Å². The molecule has 2 aromatic rings. The number of hydrogen-bond acceptors (Lipinski definition) is 2. The summed E-state index contributed by atoms with van der Waals surface area (Å²) in [5.41, 5.74) is 6.26. The first-order chi connectivity index (χ1) is 7.20. The Morgan fingerprint density at radius 2 is 2.07 bits per heavy atom. The molecule has 15 heavy (non-hydrogen) atoms. The number of nitrogen functional groups attached to an aromatic ring is 1. The van der Waals surface area contributed by atoms with Gasteiger partial charge < -0.3 is 10.2 Å². The Morgan fingerprint density at radius 1 is 1.27 bits per heavy atom. The number of aryl methyl sites for hydroxylation is 1. The number of halogens is 1. The third-order valence-corrected chi connectivity index (χ3v) is 2.30. The van der Waals surface area contributed by atoms with Gasteiger partial charge in [-0.15, -0.1) is 0 Å². The second-order valence-electron chi connectivity index (χ2n) is 3.36. The summed E-state index contributed by atoms with van der Waals surface area (Å²) in [6, 6.07) is 8.40. The highest BCUT2D eigenvalue weighted by atomic mass is 19.1. The summed E-state index contributed by atoms with van der Waals surface area (Å²) in [7, 11) is 0. The largest absolute Gasteiger partial charge is 0.461 e. The van der Waals surface area contributed by atoms with Gasteiger partial charge in [-0.2, -0.15) is 0 Å². The second-order valence-corrected chi connectivity index (χ2v) is 3.36. The molecule has 1 aromatic carbocycles. The molecule has 2 nitrogen and oxygen atoms in total. The minimum absolute atomic E-state index is 0.154. The van der Waals surface area contributed by atoms with E-state index in [0.717, 1.165) is 12.2 Å². The van der Waals surface area contributed by atoms with Crippen molar-refractivity contribution in [3.05, 3.63) is 41.9 Å². The van der Waals surface area contributed by atoms with Crippen molar-refractivity contribution in [1.82, 2.24) is 0 Å². The molecule has 0 radical (unpaired) electrons. The van der Waals surface area contributed by atoms with Crippen molar-refractivity contribution in [2.75, 3.05) is 5.73 Å². The summed E-state index contributed by atoms with van der Waals surface area (Å²) in [6.07, 6.45) is 0.831. The number of furan rings is 1. The molecule has 2 rings (SSSR count). The first kappa shape index (κ1) is 9.77. The van der Waals surface area contributed by atoms with Gasteiger partial charge in [-0.1, -0.05) is 6.92 Å². The van der Waals surface area contributed by atoms with Crippen LogP contribution in [0, 0.1) is 5.82 Å². The topological polar surface area (TPSA) is 39.2 Å². The molecular weight excluding hydrogens is 193 g/mol. The van der Waals surface area contributed by atoms with E-state index in [2.05, 4.69) is 0 Å². The van der Waals surface area contributed by atoms with Crippen molar-refractivity contribution >= 4 is 5.69 Å². The molecule has 1 heterocycles. The van der Waals surface area contributed by atoms with Gasteiger partial charge in [0, 0.05) is 12.0 Å². The Labute approximate surface area is 87.5 Å². The maximum atomic E-state index is 13.2. The minimum Gasteiger partial charge on any atom is -0.461 e. The first-order valence-electron chi connectivity index (χ1n) is 4.85. The molecule has 0 atom stereocenters. The van der Waals surface area contributed by atoms with Crippen molar-refractivity contribution in [3.63, 3.8) is 0 Å². The second kappa shape index (κ2) is 3.77. The Hall–Kier alpha value is -1.77. The third kappa shape index (κ3) is 1.86. The fourth-order valence-electron chi connectivity index (χ4n) is 1.40. The van der Waals surface area contributed by atoms with Crippen LogP contribution in [0.5, 0.6) is 0 Å². The Kier molecular flexibility index (Phi) is 2.46. The molecule has 1 aromatic heterocycles. The highest BCUT2D eigenvalue weighted by Crippen LogP contribution is 2.25. The van der Waals surface area contributed by atoms with E-state index in [0.29, 0.717) is 11.3 Å². The average Bonchev–Trinajstić information content (AvgIpc) is 2.70. The molecule has 0 amide bonds. The van der Waals surface area contributed by atoms with E-state index < -0.39 is 5.82 Å². The van der Waals surface area contributed by atoms with Gasteiger partial charge in [0.2, 0.25) is 0 Å². The van der Waals surface area contributed by atoms with E-state index in [9.17, 15) is 4.39 Å². The molecule has 0 aliphatic rings. The molecule has 78 valence electrons. The van der Waals surface area contributed by atoms with Gasteiger partial charge >= 0.3 is 0 Å². The smallest absolute Gasteiger partial charge is 0.146 e. The van der Waals surface area contributed by atoms with Crippen LogP contribution in [-0.4, -0.2) is 0 Å². The molecule has 0 saturated heterocycles. The van der Waals surface area contributed by atoms with Gasteiger partial charge in [0.15, 0.2) is 0 Å². The zero-order valence-electron chi connectivity index (χ0n) is 8.46. The number of rotatable bonds is 2. The first-order valence-corrected chi connectivity index (χ1v) is 4.85. The summed E-state index contributed by atoms with van der Waals surface area (Å²) in [5.74, 6) is 1.15. The van der Waals surface area contributed by atoms with Crippen LogP contribution in [0.1, 0.15) is 12.7 Å². The van der Waals surface area contributed by atoms with Crippen LogP contribution in [0.3, 0.4) is 0 Å². The minimum atomic E-state index is -0.415. The standard InChI is InChI=1S/C12H12FNO/c1-2-9-4-6-12(15-9)8-3-5-11(14)10(13)7-8/h3-7H,2,14H2,1H3. The molecule has 0 bridgehead atoms. The summed E-state index contributed by atoms with van der Waals surface area (Å²) >= 11 is 0. The zero-order valence-corrected chi connectivity index (χ0v) is 8.46. The zero-order chi connectivity index (χ0) is 10.8. The monoisotopic (exact) mass is 205 g/mol. The summed E-state index contributed by atoms with van der Waals surface area (Å²) < 4.78 is 18.7. The van der Waals surface area contributed by atoms with Crippen LogP contribution in [0.2, 0.25) is 0 Å². The van der Waals surface area contributed by atoms with Crippen LogP contribution < -0.4 is 5.73 Å². The van der Waals surface area contributed by atoms with Crippen LogP contribution >= 0.6 is 0 Å². The Bertz CT molecular complexity index is 476. The molecule has 0 aliphatic carbocycles. The lowest BCUT2D eigenvalue weighted by Crippen LogP contribution is -1.89. The fourth-order valence-corrected chi connectivity index (χ4v) is 1.40. The Morgan fingerprint density at radius 3 is 2.67 bits per heavy atom. The Balaban J connectivity index is 2.40. The maximum Gasteiger partial charge on any atom is 0.146 e. The van der Waals surface area contributed by atoms with Crippen molar-refractivity contribution < 1.29 is 8.81 Å². The SMILES string of the molecule is CCc1ccc(-c2ccc(N)c(F)c2)o1. The van der Waals surface area contributed by atoms with E-state index in [4.69, 9.17) is 10.2 Å². The lowest BCUT2D eigenvalue weighted by molar-refractivity contribution is 0.528. The van der Waals surface area contributed by atoms with E-state index >= 15 is 0 Å². The molecule has 0 unspecified atom stereocenters. The van der Waals surface area contributed by atoms with Gasteiger partial charge in [-0.3, -0.25) is 0 Å². The maximum absolute atomic E-state index is 13.2. The summed E-state index contributed by atoms with van der Waals surface area (Å²) in [6.45, 7) is 2.01. The van der Waals surface area contributed by atoms with Gasteiger partial charge in [0.1, 0.15) is 17.3 Å². The lowest BCUT2D eigenvalue weighted by atomic mass is 10.1. The quantitative estimate of drug-likeness (QED) is 0.764. The highest BCUT2D eigenvalue weighted by Gasteiger charge is 2.06. The third-order valence-electron chi connectivity index (χ3n) is 2.30. The molecule has 0 saturated carbocycles. The molecule has 0 spiro atoms. The van der Waals surface area contributed by atoms with E-state index in [1.54, 1.807) is 12.1 Å². The predicted octanol–water partition coefficient (Wildman–Crippen LogP) is 3.23. The van der Waals surface area contributed by atoms with Gasteiger partial charge in [-0.25, -0.2) is 4.39 Å². The molecule has 0 fully saturated rings. The number of nitrogens with two attached hydrogens (primary N) is 1. The van der Waals surface area contributed by atoms with Crippen molar-refractivity contribution in [2.45, 2.75) is 13.3 Å². The van der Waals surface area contributed by atoms with Gasteiger partial charge in [0.05, 0.1) is 5.69 Å². The number of anilines is 1. The summed E-state index contributed by atoms with van der Waals surface area (Å²) in [4.78, 5) is 0. The van der Waals surface area contributed by atoms with Crippen molar-refractivity contribution in [1.29, 1.82) is 0 Å². The van der Waals surface area contributed by atoms with E-state index in [1.807, 2.05) is 19.1 Å². The predicted molar refractivity (Wildman–Crippen MR) is 57.9 cm³/mol. The van der Waals surface area contributed by atoms with Crippen molar-refractivity contribution in [2.24, 2.45) is 0 Å². The molecule has 0 aliphatic heterocycles. The summed E-state index contributed by atoms with van der Waals surface area (Å²) in [5, 5.41) is 0. The van der Waals surface area contributed by atoms with Crippen LogP contribution in [0.15, 0.2) is 34.7 Å². The number of benzene rings is 1. The lowest BCUT2D eigenvalue weighted by Gasteiger charge is -1.99. The molecule has 2 N–H and O–H groups in total. The van der Waals surface area contributed by atoms with Crippen LogP contribution in [0.25, 0.3) is 11.3 Å². The highest BCUT2D eigenvalue weighted by molar-refractivity contribution is 5.61. The fraction of sp³-hybridized carbons (Fsp3) is 0.167. The van der Waals surface area contributed by atoms with Gasteiger partial charge in [-0.05, 0) is 30.3 Å². The van der Waals surface area contributed by atoms with Crippen molar-refractivity contribution in [3.8, 4) is 11.3 Å². The number of hydrogen-bond donors (Lipinski definition) is 1.